The van der Waals surface area contributed by atoms with Gasteiger partial charge in [0, 0.05) is 28.9 Å². The highest BCUT2D eigenvalue weighted by molar-refractivity contribution is 5.89. The van der Waals surface area contributed by atoms with Crippen LogP contribution < -0.4 is 16.4 Å². The van der Waals surface area contributed by atoms with Crippen LogP contribution in [0.5, 0.6) is 0 Å². The van der Waals surface area contributed by atoms with E-state index in [1.807, 2.05) is 0 Å². The van der Waals surface area contributed by atoms with E-state index in [-0.39, 0.29) is 23.0 Å². The Morgan fingerprint density at radius 3 is 2.63 bits per heavy atom. The minimum absolute atomic E-state index is 0.0591. The molecule has 27 heavy (non-hydrogen) atoms. The summed E-state index contributed by atoms with van der Waals surface area (Å²) in [4.78, 5) is 8.60. The second kappa shape index (κ2) is 6.08. The molecule has 0 unspecified atom stereocenters. The van der Waals surface area contributed by atoms with Crippen molar-refractivity contribution >= 4 is 28.5 Å². The molecule has 0 aliphatic heterocycles. The van der Waals surface area contributed by atoms with Gasteiger partial charge in [0.1, 0.15) is 5.82 Å². The van der Waals surface area contributed by atoms with Crippen molar-refractivity contribution in [3.8, 4) is 0 Å². The van der Waals surface area contributed by atoms with Crippen molar-refractivity contribution in [1.82, 2.24) is 19.7 Å². The van der Waals surface area contributed by atoms with Crippen molar-refractivity contribution in [2.75, 3.05) is 17.2 Å². The van der Waals surface area contributed by atoms with E-state index in [4.69, 9.17) is 9.85 Å². The molecule has 2 aromatic heterocycles. The molecule has 1 aromatic carbocycles. The van der Waals surface area contributed by atoms with Crippen LogP contribution in [-0.2, 0) is 13.2 Å². The maximum atomic E-state index is 12.8. The number of anilines is 3. The Morgan fingerprint density at radius 2 is 2.00 bits per heavy atom. The Morgan fingerprint density at radius 1 is 1.26 bits per heavy atom. The summed E-state index contributed by atoms with van der Waals surface area (Å²) in [5, 5.41) is 10.1. The van der Waals surface area contributed by atoms with Gasteiger partial charge in [-0.3, -0.25) is 4.68 Å². The highest BCUT2D eigenvalue weighted by Crippen LogP contribution is 2.33. The smallest absolute Gasteiger partial charge is 0.352 e. The Kier molecular flexibility index (Phi) is 3.20. The van der Waals surface area contributed by atoms with E-state index in [2.05, 4.69) is 25.7 Å². The Labute approximate surface area is 157 Å². The number of nitrogens with zero attached hydrogens (tertiary/aromatic N) is 4. The van der Waals surface area contributed by atoms with E-state index in [0.29, 0.717) is 17.6 Å². The summed E-state index contributed by atoms with van der Waals surface area (Å²) in [7, 11) is 0. The molecule has 1 aliphatic carbocycles. The molecule has 0 saturated heterocycles. The molecule has 10 heteroatoms. The molecule has 3 aromatic rings. The van der Waals surface area contributed by atoms with Gasteiger partial charge >= 0.3 is 6.18 Å². The lowest BCUT2D eigenvalue weighted by Gasteiger charge is -2.13. The number of hydrogen-bond acceptors (Lipinski definition) is 6. The molecule has 0 atom stereocenters. The van der Waals surface area contributed by atoms with Gasteiger partial charge in [0.25, 0.3) is 0 Å². The number of aromatic nitrogens is 4. The summed E-state index contributed by atoms with van der Waals surface area (Å²) in [5.74, 6) is 0.347. The molecule has 1 saturated carbocycles. The third-order valence-electron chi connectivity index (χ3n) is 4.39. The highest BCUT2D eigenvalue weighted by atomic mass is 19.4. The largest absolute Gasteiger partial charge is 0.416 e. The number of nitrogens with two attached hydrogens (primary N) is 1. The number of aryl methyl sites for hydroxylation is 1. The fraction of sp³-hybridized carbons (Fsp3) is 0.353. The van der Waals surface area contributed by atoms with E-state index in [1.165, 1.54) is 18.3 Å². The van der Waals surface area contributed by atoms with Crippen LogP contribution in [0.4, 0.5) is 30.6 Å². The van der Waals surface area contributed by atoms with Crippen molar-refractivity contribution < 1.29 is 17.3 Å². The molecule has 0 bridgehead atoms. The molecule has 4 N–H and O–H groups in total. The van der Waals surface area contributed by atoms with Crippen LogP contribution >= 0.6 is 0 Å². The van der Waals surface area contributed by atoms with Crippen molar-refractivity contribution in [3.63, 3.8) is 0 Å². The van der Waals surface area contributed by atoms with Gasteiger partial charge in [-0.1, -0.05) is 0 Å². The molecule has 0 spiro atoms. The normalized spacial score (nSPS) is 17.9. The third kappa shape index (κ3) is 3.65. The fourth-order valence-corrected chi connectivity index (χ4v) is 2.55. The number of rotatable bonds is 5. The lowest BCUT2D eigenvalue weighted by Crippen LogP contribution is -2.31. The molecule has 4 rings (SSSR count). The minimum Gasteiger partial charge on any atom is -0.352 e. The van der Waals surface area contributed by atoms with E-state index in [0.717, 1.165) is 29.7 Å². The van der Waals surface area contributed by atoms with Gasteiger partial charge < -0.3 is 16.4 Å². The zero-order valence-electron chi connectivity index (χ0n) is 17.0. The summed E-state index contributed by atoms with van der Waals surface area (Å²) in [6.45, 7) is -2.16. The summed E-state index contributed by atoms with van der Waals surface area (Å²) < 4.78 is 62.0. The number of hydrogen-bond donors (Lipinski definition) is 3. The summed E-state index contributed by atoms with van der Waals surface area (Å²) >= 11 is 0. The molecule has 0 radical (unpaired) electrons. The fourth-order valence-electron chi connectivity index (χ4n) is 2.55. The summed E-state index contributed by atoms with van der Waals surface area (Å²) in [6.07, 6.45) is -1.44. The molecule has 1 fully saturated rings. The number of fused-ring (bicyclic) bond motifs is 1. The van der Waals surface area contributed by atoms with Gasteiger partial charge in [0.2, 0.25) is 5.95 Å². The first kappa shape index (κ1) is 14.2. The van der Waals surface area contributed by atoms with Crippen molar-refractivity contribution in [2.45, 2.75) is 24.6 Å². The molecule has 1 aliphatic rings. The summed E-state index contributed by atoms with van der Waals surface area (Å²) in [5.41, 5.74) is 5.34. The standard InChI is InChI=1S/C17H18F3N7/c1-27-14-12(8-23-27)13(25-15(26-14)22-9-16(21)6-7-16)24-11-4-2-10(3-5-11)17(18,19)20/h2-5,8H,6-7,9,21H2,1H3,(H2,22,24,25,26)/i1D3. The van der Waals surface area contributed by atoms with Crippen LogP contribution in [0.25, 0.3) is 11.0 Å². The number of alkyl halides is 3. The van der Waals surface area contributed by atoms with Gasteiger partial charge in [0.15, 0.2) is 5.65 Å². The van der Waals surface area contributed by atoms with Gasteiger partial charge in [-0.05, 0) is 37.1 Å². The van der Waals surface area contributed by atoms with Crippen LogP contribution in [0.3, 0.4) is 0 Å². The number of nitrogens with one attached hydrogen (secondary N) is 2. The van der Waals surface area contributed by atoms with E-state index >= 15 is 0 Å². The first-order valence-corrected chi connectivity index (χ1v) is 8.18. The van der Waals surface area contributed by atoms with Gasteiger partial charge in [-0.25, -0.2) is 0 Å². The quantitative estimate of drug-likeness (QED) is 0.630. The monoisotopic (exact) mass is 380 g/mol. The zero-order valence-corrected chi connectivity index (χ0v) is 14.0. The molecular weight excluding hydrogens is 359 g/mol. The maximum absolute atomic E-state index is 12.8. The predicted molar refractivity (Wildman–Crippen MR) is 95.7 cm³/mol. The maximum Gasteiger partial charge on any atom is 0.416 e. The van der Waals surface area contributed by atoms with Gasteiger partial charge in [0.05, 0.1) is 17.1 Å². The van der Waals surface area contributed by atoms with E-state index < -0.39 is 18.7 Å². The van der Waals surface area contributed by atoms with E-state index in [9.17, 15) is 13.2 Å². The average Bonchev–Trinajstić information content (AvgIpc) is 3.21. The molecular formula is C17H18F3N7. The average molecular weight is 380 g/mol. The van der Waals surface area contributed by atoms with Crippen molar-refractivity contribution in [3.05, 3.63) is 36.0 Å². The molecule has 0 amide bonds. The number of benzene rings is 1. The van der Waals surface area contributed by atoms with Crippen LogP contribution in [0.2, 0.25) is 0 Å². The van der Waals surface area contributed by atoms with E-state index in [1.54, 1.807) is 0 Å². The second-order valence-electron chi connectivity index (χ2n) is 6.61. The second-order valence-corrected chi connectivity index (χ2v) is 6.61. The van der Waals surface area contributed by atoms with Gasteiger partial charge in [-0.15, -0.1) is 0 Å². The molecule has 2 heterocycles. The van der Waals surface area contributed by atoms with Crippen LogP contribution in [0, 0.1) is 0 Å². The first-order valence-electron chi connectivity index (χ1n) is 9.68. The Balaban J connectivity index is 1.70. The molecule has 7 nitrogen and oxygen atoms in total. The SMILES string of the molecule is [2H]C([2H])([2H])n1ncc2c(Nc3ccc(C(F)(F)F)cc3)nc(NCC3(N)CC3)nc21. The highest BCUT2D eigenvalue weighted by Gasteiger charge is 2.38. The topological polar surface area (TPSA) is 93.7 Å². The van der Waals surface area contributed by atoms with Crippen LogP contribution in [-0.4, -0.2) is 31.8 Å². The minimum atomic E-state index is -4.44. The third-order valence-corrected chi connectivity index (χ3v) is 4.39. The van der Waals surface area contributed by atoms with Crippen molar-refractivity contribution in [2.24, 2.45) is 12.7 Å². The lowest BCUT2D eigenvalue weighted by atomic mass is 10.2. The predicted octanol–water partition coefficient (Wildman–Crippen LogP) is 3.03. The first-order chi connectivity index (χ1) is 13.9. The van der Waals surface area contributed by atoms with Crippen molar-refractivity contribution in [1.29, 1.82) is 0 Å². The van der Waals surface area contributed by atoms with Crippen LogP contribution in [0.1, 0.15) is 22.5 Å². The Hall–Kier alpha value is -2.88. The lowest BCUT2D eigenvalue weighted by molar-refractivity contribution is -0.137. The number of halogens is 3. The van der Waals surface area contributed by atoms with Gasteiger partial charge in [-0.2, -0.15) is 28.2 Å². The summed E-state index contributed by atoms with van der Waals surface area (Å²) in [6, 6.07) is 4.41. The Bertz CT molecular complexity index is 1070. The van der Waals surface area contributed by atoms with Crippen LogP contribution in [0.15, 0.2) is 30.5 Å². The zero-order chi connectivity index (χ0) is 21.7. The molecule has 142 valence electrons.